The summed E-state index contributed by atoms with van der Waals surface area (Å²) in [6.07, 6.45) is 3.78. The number of esters is 1. The second kappa shape index (κ2) is 4.77. The van der Waals surface area contributed by atoms with E-state index in [0.717, 1.165) is 12.4 Å². The van der Waals surface area contributed by atoms with Crippen LogP contribution >= 0.6 is 0 Å². The summed E-state index contributed by atoms with van der Waals surface area (Å²) in [6.45, 7) is 4.85. The molecule has 0 saturated heterocycles. The van der Waals surface area contributed by atoms with Gasteiger partial charge in [0, 0.05) is 6.54 Å². The molecule has 5 nitrogen and oxygen atoms in total. The van der Waals surface area contributed by atoms with Crippen LogP contribution in [0.3, 0.4) is 0 Å². The molecule has 5 heteroatoms. The summed E-state index contributed by atoms with van der Waals surface area (Å²) in [7, 11) is 0. The molecule has 0 aliphatic heterocycles. The van der Waals surface area contributed by atoms with E-state index in [2.05, 4.69) is 4.98 Å². The fourth-order valence-corrected chi connectivity index (χ4v) is 2.10. The van der Waals surface area contributed by atoms with Crippen LogP contribution in [-0.4, -0.2) is 22.1 Å². The Morgan fingerprint density at radius 1 is 1.59 bits per heavy atom. The molecular formula is C12H19N3O2. The maximum absolute atomic E-state index is 11.6. The minimum Gasteiger partial charge on any atom is -0.461 e. The Hall–Kier alpha value is -1.52. The first-order chi connectivity index (χ1) is 8.13. The highest BCUT2D eigenvalue weighted by Crippen LogP contribution is 2.29. The number of hydrogen-bond acceptors (Lipinski definition) is 4. The second-order valence-corrected chi connectivity index (χ2v) is 4.52. The van der Waals surface area contributed by atoms with Crippen molar-refractivity contribution in [3.05, 3.63) is 11.5 Å². The van der Waals surface area contributed by atoms with E-state index in [-0.39, 0.29) is 5.69 Å². The number of nitrogen functional groups attached to an aromatic ring is 1. The SMILES string of the molecule is CCOC(=O)c1nc(C)n(CC2CCC2)c1N. The van der Waals surface area contributed by atoms with E-state index in [1.165, 1.54) is 19.3 Å². The third kappa shape index (κ3) is 2.28. The van der Waals surface area contributed by atoms with E-state index in [1.807, 2.05) is 11.5 Å². The molecule has 0 atom stereocenters. The van der Waals surface area contributed by atoms with Crippen molar-refractivity contribution in [1.82, 2.24) is 9.55 Å². The third-order valence-electron chi connectivity index (χ3n) is 3.33. The average Bonchev–Trinajstić information content (AvgIpc) is 2.50. The lowest BCUT2D eigenvalue weighted by atomic mass is 9.85. The van der Waals surface area contributed by atoms with E-state index < -0.39 is 5.97 Å². The van der Waals surface area contributed by atoms with Crippen molar-refractivity contribution in [3.63, 3.8) is 0 Å². The van der Waals surface area contributed by atoms with Crippen LogP contribution in [0.15, 0.2) is 0 Å². The van der Waals surface area contributed by atoms with Crippen LogP contribution in [-0.2, 0) is 11.3 Å². The van der Waals surface area contributed by atoms with Gasteiger partial charge in [-0.3, -0.25) is 0 Å². The predicted molar refractivity (Wildman–Crippen MR) is 64.7 cm³/mol. The number of ether oxygens (including phenoxy) is 1. The number of anilines is 1. The van der Waals surface area contributed by atoms with Crippen LogP contribution < -0.4 is 5.73 Å². The predicted octanol–water partition coefficient (Wildman–Crippen LogP) is 1.75. The monoisotopic (exact) mass is 237 g/mol. The minimum atomic E-state index is -0.430. The molecule has 1 saturated carbocycles. The standard InChI is InChI=1S/C12H19N3O2/c1-3-17-12(16)10-11(13)15(8(2)14-10)7-9-5-4-6-9/h9H,3-7,13H2,1-2H3. The van der Waals surface area contributed by atoms with Crippen LogP contribution in [0.1, 0.15) is 42.5 Å². The van der Waals surface area contributed by atoms with Gasteiger partial charge in [-0.1, -0.05) is 6.42 Å². The molecule has 1 aliphatic rings. The maximum atomic E-state index is 11.6. The number of imidazole rings is 1. The molecule has 0 unspecified atom stereocenters. The Balaban J connectivity index is 2.18. The van der Waals surface area contributed by atoms with Crippen molar-refractivity contribution in [2.45, 2.75) is 39.7 Å². The van der Waals surface area contributed by atoms with Gasteiger partial charge < -0.3 is 15.0 Å². The number of nitrogens with two attached hydrogens (primary N) is 1. The fourth-order valence-electron chi connectivity index (χ4n) is 2.10. The normalized spacial score (nSPS) is 15.6. The second-order valence-electron chi connectivity index (χ2n) is 4.52. The summed E-state index contributed by atoms with van der Waals surface area (Å²) in [6, 6.07) is 0. The molecule has 1 aliphatic carbocycles. The number of rotatable bonds is 4. The van der Waals surface area contributed by atoms with Crippen molar-refractivity contribution in [3.8, 4) is 0 Å². The van der Waals surface area contributed by atoms with Gasteiger partial charge in [0.2, 0.25) is 0 Å². The van der Waals surface area contributed by atoms with Crippen LogP contribution in [0.25, 0.3) is 0 Å². The molecule has 0 radical (unpaired) electrons. The zero-order valence-electron chi connectivity index (χ0n) is 10.4. The number of carbonyl (C=O) groups excluding carboxylic acids is 1. The van der Waals surface area contributed by atoms with Crippen LogP contribution in [0, 0.1) is 12.8 Å². The highest BCUT2D eigenvalue weighted by Gasteiger charge is 2.24. The van der Waals surface area contributed by atoms with Crippen molar-refractivity contribution < 1.29 is 9.53 Å². The lowest BCUT2D eigenvalue weighted by Crippen LogP contribution is -2.20. The number of carbonyl (C=O) groups is 1. The zero-order valence-corrected chi connectivity index (χ0v) is 10.4. The first kappa shape index (κ1) is 12.0. The van der Waals surface area contributed by atoms with Crippen molar-refractivity contribution in [1.29, 1.82) is 0 Å². The van der Waals surface area contributed by atoms with Gasteiger partial charge in [-0.05, 0) is 32.6 Å². The highest BCUT2D eigenvalue weighted by molar-refractivity contribution is 5.92. The molecular weight excluding hydrogens is 218 g/mol. The Morgan fingerprint density at radius 2 is 2.29 bits per heavy atom. The smallest absolute Gasteiger partial charge is 0.360 e. The van der Waals surface area contributed by atoms with Crippen LogP contribution in [0.2, 0.25) is 0 Å². The molecule has 1 fully saturated rings. The molecule has 17 heavy (non-hydrogen) atoms. The third-order valence-corrected chi connectivity index (χ3v) is 3.33. The summed E-state index contributed by atoms with van der Waals surface area (Å²) in [5, 5.41) is 0. The molecule has 0 bridgehead atoms. The molecule has 1 aromatic rings. The first-order valence-electron chi connectivity index (χ1n) is 6.13. The van der Waals surface area contributed by atoms with Gasteiger partial charge in [0.1, 0.15) is 11.6 Å². The van der Waals surface area contributed by atoms with Crippen molar-refractivity contribution in [2.75, 3.05) is 12.3 Å². The largest absolute Gasteiger partial charge is 0.461 e. The minimum absolute atomic E-state index is 0.253. The number of hydrogen-bond donors (Lipinski definition) is 1. The molecule has 2 N–H and O–H groups in total. The van der Waals surface area contributed by atoms with E-state index in [4.69, 9.17) is 10.5 Å². The summed E-state index contributed by atoms with van der Waals surface area (Å²) in [5.41, 5.74) is 6.22. The highest BCUT2D eigenvalue weighted by atomic mass is 16.5. The summed E-state index contributed by atoms with van der Waals surface area (Å²) < 4.78 is 6.85. The number of nitrogens with zero attached hydrogens (tertiary/aromatic N) is 2. The molecule has 0 spiro atoms. The number of aromatic nitrogens is 2. The maximum Gasteiger partial charge on any atom is 0.360 e. The first-order valence-corrected chi connectivity index (χ1v) is 6.13. The molecule has 94 valence electrons. The summed E-state index contributed by atoms with van der Waals surface area (Å²) >= 11 is 0. The Morgan fingerprint density at radius 3 is 2.82 bits per heavy atom. The fraction of sp³-hybridized carbons (Fsp3) is 0.667. The van der Waals surface area contributed by atoms with Gasteiger partial charge in [0.25, 0.3) is 0 Å². The summed E-state index contributed by atoms with van der Waals surface area (Å²) in [5.74, 6) is 1.48. The van der Waals surface area contributed by atoms with Gasteiger partial charge in [0.05, 0.1) is 6.61 Å². The Labute approximate surface area is 101 Å². The van der Waals surface area contributed by atoms with Gasteiger partial charge in [-0.2, -0.15) is 0 Å². The number of aryl methyl sites for hydroxylation is 1. The van der Waals surface area contributed by atoms with E-state index in [0.29, 0.717) is 18.3 Å². The van der Waals surface area contributed by atoms with Gasteiger partial charge in [-0.25, -0.2) is 9.78 Å². The zero-order chi connectivity index (χ0) is 12.4. The van der Waals surface area contributed by atoms with Crippen LogP contribution in [0.4, 0.5) is 5.82 Å². The topological polar surface area (TPSA) is 70.1 Å². The molecule has 0 aromatic carbocycles. The van der Waals surface area contributed by atoms with Crippen molar-refractivity contribution >= 4 is 11.8 Å². The Bertz CT molecular complexity index is 422. The van der Waals surface area contributed by atoms with E-state index in [9.17, 15) is 4.79 Å². The lowest BCUT2D eigenvalue weighted by molar-refractivity contribution is 0.0521. The lowest BCUT2D eigenvalue weighted by Gasteiger charge is -2.26. The van der Waals surface area contributed by atoms with Gasteiger partial charge in [-0.15, -0.1) is 0 Å². The van der Waals surface area contributed by atoms with E-state index in [1.54, 1.807) is 6.92 Å². The quantitative estimate of drug-likeness (QED) is 0.810. The van der Waals surface area contributed by atoms with E-state index >= 15 is 0 Å². The molecule has 0 amide bonds. The molecule has 1 heterocycles. The molecule has 1 aromatic heterocycles. The van der Waals surface area contributed by atoms with Crippen LogP contribution in [0.5, 0.6) is 0 Å². The van der Waals surface area contributed by atoms with Gasteiger partial charge >= 0.3 is 5.97 Å². The Kier molecular flexibility index (Phi) is 3.36. The molecule has 2 rings (SSSR count). The average molecular weight is 237 g/mol. The van der Waals surface area contributed by atoms with Crippen molar-refractivity contribution in [2.24, 2.45) is 5.92 Å². The van der Waals surface area contributed by atoms with Gasteiger partial charge in [0.15, 0.2) is 5.69 Å². The summed E-state index contributed by atoms with van der Waals surface area (Å²) in [4.78, 5) is 15.8.